The molecule has 0 N–H and O–H groups in total. The molecule has 0 nitrogen and oxygen atoms in total. The Morgan fingerprint density at radius 3 is 2.12 bits per heavy atom. The van der Waals surface area contributed by atoms with Crippen molar-refractivity contribution in [2.24, 2.45) is 0 Å². The summed E-state index contributed by atoms with van der Waals surface area (Å²) in [7, 11) is 0. The second-order valence-electron chi connectivity index (χ2n) is 3.63. The van der Waals surface area contributed by atoms with Gasteiger partial charge in [-0.1, -0.05) is 62.2 Å². The molecule has 0 heteroatoms. The van der Waals surface area contributed by atoms with Crippen LogP contribution in [-0.4, -0.2) is 0 Å². The van der Waals surface area contributed by atoms with Gasteiger partial charge in [-0.25, -0.2) is 0 Å². The summed E-state index contributed by atoms with van der Waals surface area (Å²) in [5.41, 5.74) is 3.33. The second kappa shape index (κ2) is 4.19. The molecule has 0 saturated heterocycles. The lowest BCUT2D eigenvalue weighted by Crippen LogP contribution is -1.88. The highest BCUT2D eigenvalue weighted by atomic mass is 14.1. The molecule has 0 amide bonds. The van der Waals surface area contributed by atoms with E-state index in [9.17, 15) is 0 Å². The maximum Gasteiger partial charge on any atom is -0.0105 e. The first-order chi connectivity index (χ1) is 7.81. The first-order valence-corrected chi connectivity index (χ1v) is 5.25. The summed E-state index contributed by atoms with van der Waals surface area (Å²) in [6.45, 7) is 11.6. The third-order valence-electron chi connectivity index (χ3n) is 2.79. The first-order valence-electron chi connectivity index (χ1n) is 5.25. The fourth-order valence-corrected chi connectivity index (χ4v) is 2.03. The maximum absolute atomic E-state index is 3.88. The SMILES string of the molecule is C=Cc1cc2ccccc2c(C=C)c1C=C. The highest BCUT2D eigenvalue weighted by molar-refractivity contribution is 5.96. The lowest BCUT2D eigenvalue weighted by molar-refractivity contribution is 1.63. The molecule has 0 heterocycles. The van der Waals surface area contributed by atoms with Gasteiger partial charge in [-0.05, 0) is 33.5 Å². The minimum absolute atomic E-state index is 1.10. The minimum Gasteiger partial charge on any atom is -0.0984 e. The normalized spacial score (nSPS) is 10.0. The van der Waals surface area contributed by atoms with E-state index < -0.39 is 0 Å². The number of hydrogen-bond acceptors (Lipinski definition) is 0. The van der Waals surface area contributed by atoms with Crippen LogP contribution in [0.25, 0.3) is 29.0 Å². The summed E-state index contributed by atoms with van der Waals surface area (Å²) in [6.07, 6.45) is 5.60. The molecule has 2 aromatic rings. The van der Waals surface area contributed by atoms with Crippen LogP contribution in [0.4, 0.5) is 0 Å². The Balaban J connectivity index is 2.98. The largest absolute Gasteiger partial charge is 0.0984 e. The van der Waals surface area contributed by atoms with Gasteiger partial charge in [-0.3, -0.25) is 0 Å². The van der Waals surface area contributed by atoms with Crippen molar-refractivity contribution in [1.82, 2.24) is 0 Å². The minimum atomic E-state index is 1.10. The lowest BCUT2D eigenvalue weighted by atomic mass is 9.94. The van der Waals surface area contributed by atoms with Gasteiger partial charge in [-0.2, -0.15) is 0 Å². The lowest BCUT2D eigenvalue weighted by Gasteiger charge is -2.10. The fraction of sp³-hybridized carbons (Fsp3) is 0. The quantitative estimate of drug-likeness (QED) is 0.678. The Morgan fingerprint density at radius 1 is 0.812 bits per heavy atom. The molecule has 2 aromatic carbocycles. The number of rotatable bonds is 3. The maximum atomic E-state index is 3.88. The molecule has 0 aromatic heterocycles. The smallest absolute Gasteiger partial charge is 0.0105 e. The Morgan fingerprint density at radius 2 is 1.50 bits per heavy atom. The van der Waals surface area contributed by atoms with Gasteiger partial charge in [0.2, 0.25) is 0 Å². The molecule has 2 rings (SSSR count). The molecule has 0 atom stereocenters. The zero-order valence-electron chi connectivity index (χ0n) is 9.24. The fourth-order valence-electron chi connectivity index (χ4n) is 2.03. The molecule has 0 saturated carbocycles. The van der Waals surface area contributed by atoms with E-state index in [1.807, 2.05) is 30.4 Å². The highest BCUT2D eigenvalue weighted by Gasteiger charge is 2.06. The molecular formula is C16H14. The molecule has 0 unspecified atom stereocenters. The standard InChI is InChI=1S/C16H14/c1-4-12-11-13-9-7-8-10-16(13)15(6-3)14(12)5-2/h4-11H,1-3H2. The average molecular weight is 206 g/mol. The van der Waals surface area contributed by atoms with Crippen LogP contribution in [0.15, 0.2) is 50.1 Å². The topological polar surface area (TPSA) is 0 Å². The molecule has 0 spiro atoms. The molecule has 16 heavy (non-hydrogen) atoms. The van der Waals surface area contributed by atoms with Crippen molar-refractivity contribution in [2.45, 2.75) is 0 Å². The molecule has 78 valence electrons. The second-order valence-corrected chi connectivity index (χ2v) is 3.63. The number of benzene rings is 2. The van der Waals surface area contributed by atoms with Crippen molar-refractivity contribution < 1.29 is 0 Å². The molecule has 0 fully saturated rings. The summed E-state index contributed by atoms with van der Waals surface area (Å²) in [4.78, 5) is 0. The zero-order valence-corrected chi connectivity index (χ0v) is 9.24. The Hall–Kier alpha value is -2.08. The van der Waals surface area contributed by atoms with Gasteiger partial charge in [0.15, 0.2) is 0 Å². The van der Waals surface area contributed by atoms with Gasteiger partial charge >= 0.3 is 0 Å². The Kier molecular flexibility index (Phi) is 2.74. The van der Waals surface area contributed by atoms with Gasteiger partial charge in [0.25, 0.3) is 0 Å². The van der Waals surface area contributed by atoms with Gasteiger partial charge in [0, 0.05) is 0 Å². The van der Waals surface area contributed by atoms with Crippen LogP contribution in [0.3, 0.4) is 0 Å². The average Bonchev–Trinajstić information content (AvgIpc) is 2.36. The van der Waals surface area contributed by atoms with E-state index in [4.69, 9.17) is 0 Å². The Bertz CT molecular complexity index is 574. The third kappa shape index (κ3) is 1.49. The molecular weight excluding hydrogens is 192 g/mol. The van der Waals surface area contributed by atoms with E-state index in [-0.39, 0.29) is 0 Å². The van der Waals surface area contributed by atoms with Gasteiger partial charge in [-0.15, -0.1) is 0 Å². The number of hydrogen-bond donors (Lipinski definition) is 0. The Labute approximate surface area is 96.2 Å². The summed E-state index contributed by atoms with van der Waals surface area (Å²) in [5.74, 6) is 0. The van der Waals surface area contributed by atoms with E-state index in [0.717, 1.165) is 16.7 Å². The zero-order chi connectivity index (χ0) is 11.5. The third-order valence-corrected chi connectivity index (χ3v) is 2.79. The monoisotopic (exact) mass is 206 g/mol. The van der Waals surface area contributed by atoms with E-state index in [0.29, 0.717) is 0 Å². The summed E-state index contributed by atoms with van der Waals surface area (Å²) in [6, 6.07) is 10.4. The van der Waals surface area contributed by atoms with Gasteiger partial charge in [0.1, 0.15) is 0 Å². The van der Waals surface area contributed by atoms with Crippen LogP contribution in [0.2, 0.25) is 0 Å². The van der Waals surface area contributed by atoms with Crippen LogP contribution in [-0.2, 0) is 0 Å². The van der Waals surface area contributed by atoms with E-state index >= 15 is 0 Å². The van der Waals surface area contributed by atoms with Crippen LogP contribution in [0.1, 0.15) is 16.7 Å². The van der Waals surface area contributed by atoms with Crippen molar-refractivity contribution in [3.05, 3.63) is 66.8 Å². The van der Waals surface area contributed by atoms with Crippen LogP contribution in [0.5, 0.6) is 0 Å². The van der Waals surface area contributed by atoms with E-state index in [1.165, 1.54) is 10.8 Å². The van der Waals surface area contributed by atoms with Crippen molar-refractivity contribution in [3.8, 4) is 0 Å². The summed E-state index contributed by atoms with van der Waals surface area (Å²) >= 11 is 0. The predicted molar refractivity (Wildman–Crippen MR) is 74.2 cm³/mol. The van der Waals surface area contributed by atoms with Crippen molar-refractivity contribution in [2.75, 3.05) is 0 Å². The van der Waals surface area contributed by atoms with Crippen LogP contribution in [0, 0.1) is 0 Å². The summed E-state index contributed by atoms with van der Waals surface area (Å²) < 4.78 is 0. The summed E-state index contributed by atoms with van der Waals surface area (Å²) in [5, 5.41) is 2.41. The number of fused-ring (bicyclic) bond motifs is 1. The van der Waals surface area contributed by atoms with Gasteiger partial charge < -0.3 is 0 Å². The predicted octanol–water partition coefficient (Wildman–Crippen LogP) is 4.77. The molecule has 0 aliphatic heterocycles. The molecule has 0 aliphatic rings. The van der Waals surface area contributed by atoms with E-state index in [2.05, 4.69) is 37.9 Å². The molecule has 0 aliphatic carbocycles. The van der Waals surface area contributed by atoms with Crippen molar-refractivity contribution >= 4 is 29.0 Å². The highest BCUT2D eigenvalue weighted by Crippen LogP contribution is 2.28. The van der Waals surface area contributed by atoms with Crippen molar-refractivity contribution in [1.29, 1.82) is 0 Å². The van der Waals surface area contributed by atoms with E-state index in [1.54, 1.807) is 0 Å². The van der Waals surface area contributed by atoms with Crippen molar-refractivity contribution in [3.63, 3.8) is 0 Å². The molecule has 0 bridgehead atoms. The molecule has 0 radical (unpaired) electrons. The van der Waals surface area contributed by atoms with Crippen LogP contribution >= 0.6 is 0 Å². The first kappa shape index (κ1) is 10.4. The van der Waals surface area contributed by atoms with Gasteiger partial charge in [0.05, 0.1) is 0 Å². The van der Waals surface area contributed by atoms with Crippen LogP contribution < -0.4 is 0 Å².